The van der Waals surface area contributed by atoms with Gasteiger partial charge in [-0.3, -0.25) is 9.59 Å². The summed E-state index contributed by atoms with van der Waals surface area (Å²) in [5.41, 5.74) is 2.41. The molecule has 140 valence electrons. The first-order valence-electron chi connectivity index (χ1n) is 8.87. The van der Waals surface area contributed by atoms with Gasteiger partial charge in [0, 0.05) is 42.7 Å². The van der Waals surface area contributed by atoms with Gasteiger partial charge in [-0.1, -0.05) is 0 Å². The van der Waals surface area contributed by atoms with E-state index in [4.69, 9.17) is 0 Å². The van der Waals surface area contributed by atoms with Gasteiger partial charge in [-0.25, -0.2) is 13.3 Å². The summed E-state index contributed by atoms with van der Waals surface area (Å²) in [6.07, 6.45) is 7.15. The van der Waals surface area contributed by atoms with Gasteiger partial charge in [0.15, 0.2) is 0 Å². The van der Waals surface area contributed by atoms with E-state index in [0.717, 1.165) is 55.1 Å². The van der Waals surface area contributed by atoms with Gasteiger partial charge in [-0.05, 0) is 37.8 Å². The Morgan fingerprint density at radius 3 is 2.63 bits per heavy atom. The van der Waals surface area contributed by atoms with Gasteiger partial charge in [-0.15, -0.1) is 0 Å². The number of carbonyl (C=O) groups excluding carboxylic acids is 1. The van der Waals surface area contributed by atoms with E-state index < -0.39 is 17.5 Å². The number of aromatic nitrogens is 3. The minimum absolute atomic E-state index is 0.00450. The molecule has 1 aliphatic rings. The zero-order valence-electron chi connectivity index (χ0n) is 14.5. The second kappa shape index (κ2) is 6.94. The minimum Gasteiger partial charge on any atom is -0.326 e. The largest absolute Gasteiger partial charge is 0.326 e. The summed E-state index contributed by atoms with van der Waals surface area (Å²) in [7, 11) is 0. The first-order valence-corrected chi connectivity index (χ1v) is 8.87. The quantitative estimate of drug-likeness (QED) is 0.766. The Bertz CT molecular complexity index is 1070. The standard InChI is InChI=1S/C19H18F2N4O2/c20-12-9-13(21)11-14(10-12)22-17(26)5-6-24-7-8-25-18(19(24)27)15-3-1-2-4-16(15)23-25/h7-11H,1-6H2,(H,22,26). The van der Waals surface area contributed by atoms with Crippen molar-refractivity contribution in [1.82, 2.24) is 14.2 Å². The van der Waals surface area contributed by atoms with Crippen LogP contribution < -0.4 is 10.9 Å². The molecule has 1 aliphatic carbocycles. The highest BCUT2D eigenvalue weighted by atomic mass is 19.1. The molecule has 8 heteroatoms. The van der Waals surface area contributed by atoms with Crippen molar-refractivity contribution in [3.63, 3.8) is 0 Å². The number of carbonyl (C=O) groups is 1. The van der Waals surface area contributed by atoms with Gasteiger partial charge < -0.3 is 9.88 Å². The third-order valence-electron chi connectivity index (χ3n) is 4.76. The van der Waals surface area contributed by atoms with Gasteiger partial charge in [0.05, 0.1) is 5.69 Å². The molecular formula is C19H18F2N4O2. The van der Waals surface area contributed by atoms with Crippen LogP contribution in [0.5, 0.6) is 0 Å². The molecule has 2 aromatic heterocycles. The maximum Gasteiger partial charge on any atom is 0.276 e. The van der Waals surface area contributed by atoms with Gasteiger partial charge in [-0.2, -0.15) is 5.10 Å². The molecule has 0 atom stereocenters. The van der Waals surface area contributed by atoms with E-state index in [1.54, 1.807) is 16.9 Å². The molecule has 1 amide bonds. The van der Waals surface area contributed by atoms with Crippen molar-refractivity contribution in [1.29, 1.82) is 0 Å². The Balaban J connectivity index is 1.51. The van der Waals surface area contributed by atoms with E-state index >= 15 is 0 Å². The van der Waals surface area contributed by atoms with Crippen molar-refractivity contribution < 1.29 is 13.6 Å². The highest BCUT2D eigenvalue weighted by Gasteiger charge is 2.19. The number of hydrogen-bond acceptors (Lipinski definition) is 3. The number of halogens is 2. The van der Waals surface area contributed by atoms with E-state index in [-0.39, 0.29) is 24.2 Å². The molecule has 0 aliphatic heterocycles. The lowest BCUT2D eigenvalue weighted by molar-refractivity contribution is -0.116. The molecule has 4 rings (SSSR count). The van der Waals surface area contributed by atoms with Crippen LogP contribution in [0.15, 0.2) is 35.4 Å². The molecule has 1 N–H and O–H groups in total. The molecule has 3 aromatic rings. The zero-order chi connectivity index (χ0) is 19.0. The fraction of sp³-hybridized carbons (Fsp3) is 0.316. The van der Waals surface area contributed by atoms with Crippen LogP contribution in [0.2, 0.25) is 0 Å². The number of benzene rings is 1. The molecule has 0 radical (unpaired) electrons. The number of fused-ring (bicyclic) bond motifs is 3. The van der Waals surface area contributed by atoms with Crippen molar-refractivity contribution in [2.75, 3.05) is 5.32 Å². The second-order valence-corrected chi connectivity index (χ2v) is 6.68. The van der Waals surface area contributed by atoms with Gasteiger partial charge in [0.2, 0.25) is 5.91 Å². The summed E-state index contributed by atoms with van der Waals surface area (Å²) in [5, 5.41) is 6.92. The first-order chi connectivity index (χ1) is 13.0. The highest BCUT2D eigenvalue weighted by Crippen LogP contribution is 2.22. The van der Waals surface area contributed by atoms with Crippen LogP contribution in [0, 0.1) is 11.6 Å². The monoisotopic (exact) mass is 372 g/mol. The molecule has 2 heterocycles. The number of nitrogens with zero attached hydrogens (tertiary/aromatic N) is 3. The van der Waals surface area contributed by atoms with Crippen molar-refractivity contribution in [2.45, 2.75) is 38.6 Å². The Morgan fingerprint density at radius 2 is 1.85 bits per heavy atom. The topological polar surface area (TPSA) is 68.4 Å². The van der Waals surface area contributed by atoms with E-state index in [2.05, 4.69) is 10.4 Å². The maximum absolute atomic E-state index is 13.2. The molecule has 0 unspecified atom stereocenters. The Kier molecular flexibility index (Phi) is 4.47. The minimum atomic E-state index is -0.766. The average molecular weight is 372 g/mol. The zero-order valence-corrected chi connectivity index (χ0v) is 14.5. The smallest absolute Gasteiger partial charge is 0.276 e. The molecular weight excluding hydrogens is 354 g/mol. The van der Waals surface area contributed by atoms with Crippen molar-refractivity contribution >= 4 is 17.1 Å². The lowest BCUT2D eigenvalue weighted by Gasteiger charge is -2.10. The van der Waals surface area contributed by atoms with Crippen LogP contribution >= 0.6 is 0 Å². The number of nitrogens with one attached hydrogen (secondary N) is 1. The maximum atomic E-state index is 13.2. The Labute approximate surface area is 153 Å². The summed E-state index contributed by atoms with van der Waals surface area (Å²) in [6.45, 7) is 0.166. The lowest BCUT2D eigenvalue weighted by atomic mass is 9.97. The van der Waals surface area contributed by atoms with Crippen molar-refractivity contribution in [2.24, 2.45) is 0 Å². The van der Waals surface area contributed by atoms with Crippen LogP contribution in [0.1, 0.15) is 30.5 Å². The normalized spacial score (nSPS) is 13.6. The third kappa shape index (κ3) is 3.47. The van der Waals surface area contributed by atoms with Gasteiger partial charge >= 0.3 is 0 Å². The fourth-order valence-electron chi connectivity index (χ4n) is 3.50. The summed E-state index contributed by atoms with van der Waals surface area (Å²) >= 11 is 0. The van der Waals surface area contributed by atoms with Crippen molar-refractivity contribution in [3.8, 4) is 0 Å². The fourth-order valence-corrected chi connectivity index (χ4v) is 3.50. The molecule has 0 bridgehead atoms. The van der Waals surface area contributed by atoms with E-state index in [9.17, 15) is 18.4 Å². The van der Waals surface area contributed by atoms with Crippen LogP contribution in [-0.4, -0.2) is 20.1 Å². The Morgan fingerprint density at radius 1 is 1.11 bits per heavy atom. The van der Waals surface area contributed by atoms with Crippen molar-refractivity contribution in [3.05, 3.63) is 63.8 Å². The van der Waals surface area contributed by atoms with Crippen LogP contribution in [0.3, 0.4) is 0 Å². The van der Waals surface area contributed by atoms with E-state index in [1.165, 1.54) is 4.57 Å². The molecule has 6 nitrogen and oxygen atoms in total. The SMILES string of the molecule is O=C(CCn1ccn2nc3c(c2c1=O)CCCC3)Nc1cc(F)cc(F)c1. The number of rotatable bonds is 4. The molecule has 0 spiro atoms. The Hall–Kier alpha value is -3.03. The predicted octanol–water partition coefficient (Wildman–Crippen LogP) is 2.68. The lowest BCUT2D eigenvalue weighted by Crippen LogP contribution is -2.25. The predicted molar refractivity (Wildman–Crippen MR) is 95.7 cm³/mol. The summed E-state index contributed by atoms with van der Waals surface area (Å²) in [4.78, 5) is 24.9. The summed E-state index contributed by atoms with van der Waals surface area (Å²) in [6, 6.07) is 2.81. The average Bonchev–Trinajstić information content (AvgIpc) is 2.99. The molecule has 27 heavy (non-hydrogen) atoms. The summed E-state index contributed by atoms with van der Waals surface area (Å²) in [5.74, 6) is -1.96. The molecule has 0 saturated carbocycles. The second-order valence-electron chi connectivity index (χ2n) is 6.68. The number of anilines is 1. The number of hydrogen-bond donors (Lipinski definition) is 1. The van der Waals surface area contributed by atoms with Crippen LogP contribution in [-0.2, 0) is 24.2 Å². The first kappa shape index (κ1) is 17.4. The van der Waals surface area contributed by atoms with Gasteiger partial charge in [0.25, 0.3) is 5.56 Å². The highest BCUT2D eigenvalue weighted by molar-refractivity contribution is 5.90. The van der Waals surface area contributed by atoms with E-state index in [1.807, 2.05) is 0 Å². The third-order valence-corrected chi connectivity index (χ3v) is 4.76. The number of aryl methyl sites for hydroxylation is 3. The van der Waals surface area contributed by atoms with Gasteiger partial charge in [0.1, 0.15) is 17.2 Å². The molecule has 1 aromatic carbocycles. The molecule has 0 saturated heterocycles. The van der Waals surface area contributed by atoms with E-state index in [0.29, 0.717) is 5.52 Å². The number of amides is 1. The summed E-state index contributed by atoms with van der Waals surface area (Å²) < 4.78 is 29.5. The van der Waals surface area contributed by atoms with Crippen LogP contribution in [0.25, 0.3) is 5.52 Å². The molecule has 0 fully saturated rings. The van der Waals surface area contributed by atoms with Crippen LogP contribution in [0.4, 0.5) is 14.5 Å².